The van der Waals surface area contributed by atoms with Crippen molar-refractivity contribution < 1.29 is 4.79 Å². The number of amides is 1. The third-order valence-electron chi connectivity index (χ3n) is 3.65. The Kier molecular flexibility index (Phi) is 3.95. The minimum absolute atomic E-state index is 0.130. The van der Waals surface area contributed by atoms with E-state index in [9.17, 15) is 4.79 Å². The van der Waals surface area contributed by atoms with Gasteiger partial charge in [0.25, 0.3) is 5.91 Å². The first-order valence-electron chi connectivity index (χ1n) is 7.01. The van der Waals surface area contributed by atoms with Crippen LogP contribution in [0.1, 0.15) is 43.6 Å². The van der Waals surface area contributed by atoms with E-state index in [0.29, 0.717) is 6.04 Å². The number of carbonyl (C=O) groups excluding carboxylic acids is 1. The highest BCUT2D eigenvalue weighted by Gasteiger charge is 2.22. The maximum atomic E-state index is 12.4. The normalized spacial score (nSPS) is 20.4. The van der Waals surface area contributed by atoms with Gasteiger partial charge in [-0.1, -0.05) is 32.9 Å². The van der Waals surface area contributed by atoms with E-state index in [0.717, 1.165) is 25.2 Å². The minimum atomic E-state index is 0.130. The lowest BCUT2D eigenvalue weighted by atomic mass is 9.86. The van der Waals surface area contributed by atoms with E-state index < -0.39 is 0 Å². The van der Waals surface area contributed by atoms with Crippen molar-refractivity contribution >= 4 is 5.91 Å². The van der Waals surface area contributed by atoms with Crippen LogP contribution in [0.15, 0.2) is 24.3 Å². The summed E-state index contributed by atoms with van der Waals surface area (Å²) in [5, 5.41) is 3.35. The number of hydrogen-bond donors (Lipinski definition) is 1. The Morgan fingerprint density at radius 1 is 1.26 bits per heavy atom. The first kappa shape index (κ1) is 14.1. The molecule has 104 valence electrons. The standard InChI is InChI=1S/C16H24N2O/c1-12-11-18(10-9-17-12)15(19)13-5-7-14(8-6-13)16(2,3)4/h5-8,12,17H,9-11H2,1-4H3. The van der Waals surface area contributed by atoms with Gasteiger partial charge in [-0.25, -0.2) is 0 Å². The van der Waals surface area contributed by atoms with Crippen LogP contribution < -0.4 is 5.32 Å². The number of benzene rings is 1. The van der Waals surface area contributed by atoms with Gasteiger partial charge in [0, 0.05) is 31.2 Å². The van der Waals surface area contributed by atoms with Gasteiger partial charge in [0.15, 0.2) is 0 Å². The highest BCUT2D eigenvalue weighted by molar-refractivity contribution is 5.94. The van der Waals surface area contributed by atoms with Gasteiger partial charge in [0.05, 0.1) is 0 Å². The zero-order valence-electron chi connectivity index (χ0n) is 12.4. The molecule has 2 rings (SSSR count). The molecule has 1 aromatic carbocycles. The quantitative estimate of drug-likeness (QED) is 0.841. The molecule has 1 heterocycles. The van der Waals surface area contributed by atoms with Gasteiger partial charge in [0.1, 0.15) is 0 Å². The van der Waals surface area contributed by atoms with Crippen molar-refractivity contribution in [2.24, 2.45) is 0 Å². The van der Waals surface area contributed by atoms with Gasteiger partial charge in [-0.15, -0.1) is 0 Å². The summed E-state index contributed by atoms with van der Waals surface area (Å²) in [4.78, 5) is 14.3. The second-order valence-corrected chi connectivity index (χ2v) is 6.43. The molecule has 3 heteroatoms. The van der Waals surface area contributed by atoms with Gasteiger partial charge >= 0.3 is 0 Å². The van der Waals surface area contributed by atoms with Crippen LogP contribution in [-0.4, -0.2) is 36.5 Å². The Bertz CT molecular complexity index is 445. The fraction of sp³-hybridized carbons (Fsp3) is 0.562. The number of nitrogens with one attached hydrogen (secondary N) is 1. The third-order valence-corrected chi connectivity index (χ3v) is 3.65. The van der Waals surface area contributed by atoms with Gasteiger partial charge < -0.3 is 10.2 Å². The highest BCUT2D eigenvalue weighted by atomic mass is 16.2. The molecule has 1 saturated heterocycles. The van der Waals surface area contributed by atoms with Crippen molar-refractivity contribution in [3.8, 4) is 0 Å². The van der Waals surface area contributed by atoms with Crippen molar-refractivity contribution in [3.63, 3.8) is 0 Å². The van der Waals surface area contributed by atoms with Crippen molar-refractivity contribution in [3.05, 3.63) is 35.4 Å². The molecular formula is C16H24N2O. The predicted octanol–water partition coefficient (Wildman–Crippen LogP) is 2.42. The largest absolute Gasteiger partial charge is 0.336 e. The van der Waals surface area contributed by atoms with Crippen molar-refractivity contribution in [1.82, 2.24) is 10.2 Å². The summed E-state index contributed by atoms with van der Waals surface area (Å²) in [6.07, 6.45) is 0. The molecule has 1 aliphatic rings. The van der Waals surface area contributed by atoms with Crippen molar-refractivity contribution in [1.29, 1.82) is 0 Å². The van der Waals surface area contributed by atoms with Crippen LogP contribution in [0.2, 0.25) is 0 Å². The fourth-order valence-electron chi connectivity index (χ4n) is 2.41. The summed E-state index contributed by atoms with van der Waals surface area (Å²) in [5.74, 6) is 0.147. The summed E-state index contributed by atoms with van der Waals surface area (Å²) in [6.45, 7) is 11.1. The van der Waals surface area contributed by atoms with E-state index in [4.69, 9.17) is 0 Å². The van der Waals surface area contributed by atoms with E-state index in [1.807, 2.05) is 17.0 Å². The predicted molar refractivity (Wildman–Crippen MR) is 78.5 cm³/mol. The molecule has 1 atom stereocenters. The van der Waals surface area contributed by atoms with E-state index in [1.165, 1.54) is 5.56 Å². The third kappa shape index (κ3) is 3.35. The topological polar surface area (TPSA) is 32.3 Å². The van der Waals surface area contributed by atoms with Gasteiger partial charge in [0.2, 0.25) is 0 Å². The SMILES string of the molecule is CC1CN(C(=O)c2ccc(C(C)(C)C)cc2)CCN1. The summed E-state index contributed by atoms with van der Waals surface area (Å²) in [7, 11) is 0. The Balaban J connectivity index is 2.11. The monoisotopic (exact) mass is 260 g/mol. The zero-order chi connectivity index (χ0) is 14.0. The molecule has 0 aliphatic carbocycles. The number of nitrogens with zero attached hydrogens (tertiary/aromatic N) is 1. The lowest BCUT2D eigenvalue weighted by molar-refractivity contribution is 0.0709. The molecule has 1 fully saturated rings. The van der Waals surface area contributed by atoms with E-state index in [-0.39, 0.29) is 11.3 Å². The Morgan fingerprint density at radius 2 is 1.89 bits per heavy atom. The minimum Gasteiger partial charge on any atom is -0.336 e. The smallest absolute Gasteiger partial charge is 0.253 e. The molecule has 3 nitrogen and oxygen atoms in total. The average Bonchev–Trinajstić information content (AvgIpc) is 2.37. The Morgan fingerprint density at radius 3 is 2.42 bits per heavy atom. The molecule has 1 unspecified atom stereocenters. The molecule has 1 amide bonds. The number of piperazine rings is 1. The van der Waals surface area contributed by atoms with Gasteiger partial charge in [-0.3, -0.25) is 4.79 Å². The number of carbonyl (C=O) groups is 1. The molecule has 0 bridgehead atoms. The van der Waals surface area contributed by atoms with Crippen LogP contribution in [0.5, 0.6) is 0 Å². The van der Waals surface area contributed by atoms with E-state index in [1.54, 1.807) is 0 Å². The molecule has 19 heavy (non-hydrogen) atoms. The molecule has 0 aromatic heterocycles. The maximum Gasteiger partial charge on any atom is 0.253 e. The van der Waals surface area contributed by atoms with Crippen molar-refractivity contribution in [2.45, 2.75) is 39.2 Å². The molecule has 1 N–H and O–H groups in total. The molecule has 0 saturated carbocycles. The summed E-state index contributed by atoms with van der Waals surface area (Å²) >= 11 is 0. The first-order chi connectivity index (χ1) is 8.88. The van der Waals surface area contributed by atoms with Crippen LogP contribution in [0.4, 0.5) is 0 Å². The van der Waals surface area contributed by atoms with E-state index in [2.05, 4.69) is 45.1 Å². The molecule has 1 aromatic rings. The van der Waals surface area contributed by atoms with Crippen LogP contribution in [-0.2, 0) is 5.41 Å². The number of hydrogen-bond acceptors (Lipinski definition) is 2. The zero-order valence-corrected chi connectivity index (χ0v) is 12.4. The van der Waals surface area contributed by atoms with Crippen molar-refractivity contribution in [2.75, 3.05) is 19.6 Å². The van der Waals surface area contributed by atoms with Gasteiger partial charge in [-0.05, 0) is 30.0 Å². The van der Waals surface area contributed by atoms with E-state index >= 15 is 0 Å². The highest BCUT2D eigenvalue weighted by Crippen LogP contribution is 2.22. The average molecular weight is 260 g/mol. The lowest BCUT2D eigenvalue weighted by Crippen LogP contribution is -2.51. The van der Waals surface area contributed by atoms with Crippen LogP contribution in [0.25, 0.3) is 0 Å². The second kappa shape index (κ2) is 5.33. The van der Waals surface area contributed by atoms with Crippen LogP contribution in [0, 0.1) is 0 Å². The molecule has 1 aliphatic heterocycles. The second-order valence-electron chi connectivity index (χ2n) is 6.43. The fourth-order valence-corrected chi connectivity index (χ4v) is 2.41. The van der Waals surface area contributed by atoms with Gasteiger partial charge in [-0.2, -0.15) is 0 Å². The summed E-state index contributed by atoms with van der Waals surface area (Å²) < 4.78 is 0. The Labute approximate surface area is 116 Å². The van der Waals surface area contributed by atoms with Crippen LogP contribution in [0.3, 0.4) is 0 Å². The molecular weight excluding hydrogens is 236 g/mol. The summed E-state index contributed by atoms with van der Waals surface area (Å²) in [6, 6.07) is 8.43. The summed E-state index contributed by atoms with van der Waals surface area (Å²) in [5.41, 5.74) is 2.19. The maximum absolute atomic E-state index is 12.4. The molecule has 0 spiro atoms. The lowest BCUT2D eigenvalue weighted by Gasteiger charge is -2.32. The number of rotatable bonds is 1. The molecule has 0 radical (unpaired) electrons. The first-order valence-corrected chi connectivity index (χ1v) is 7.01. The van der Waals surface area contributed by atoms with Crippen LogP contribution >= 0.6 is 0 Å². The Hall–Kier alpha value is -1.35.